The highest BCUT2D eigenvalue weighted by Crippen LogP contribution is 2.31. The molecule has 0 atom stereocenters. The first-order valence-electron chi connectivity index (χ1n) is 5.60. The minimum Gasteiger partial charge on any atom is -0.461 e. The maximum absolute atomic E-state index is 12.4. The van der Waals surface area contributed by atoms with E-state index in [1.165, 1.54) is 12.1 Å². The molecule has 0 radical (unpaired) electrons. The first kappa shape index (κ1) is 14.4. The van der Waals surface area contributed by atoms with Crippen LogP contribution in [-0.4, -0.2) is 22.8 Å². The Bertz CT molecular complexity index is 608. The number of rotatable bonds is 3. The molecule has 0 N–H and O–H groups in total. The Morgan fingerprint density at radius 1 is 1.25 bits per heavy atom. The summed E-state index contributed by atoms with van der Waals surface area (Å²) in [4.78, 5) is 11.4. The van der Waals surface area contributed by atoms with Crippen molar-refractivity contribution in [2.45, 2.75) is 13.1 Å². The molecule has 0 saturated carbocycles. The predicted octanol–water partition coefficient (Wildman–Crippen LogP) is 3.40. The van der Waals surface area contributed by atoms with Gasteiger partial charge >= 0.3 is 12.1 Å². The van der Waals surface area contributed by atoms with Gasteiger partial charge in [-0.1, -0.05) is 23.5 Å². The molecule has 1 aromatic heterocycles. The third kappa shape index (κ3) is 3.13. The van der Waals surface area contributed by atoms with E-state index in [1.807, 2.05) is 0 Å². The highest BCUT2D eigenvalue weighted by atomic mass is 32.1. The minimum absolute atomic E-state index is 0.0711. The van der Waals surface area contributed by atoms with E-state index in [0.717, 1.165) is 23.5 Å². The lowest BCUT2D eigenvalue weighted by molar-refractivity contribution is -0.137. The maximum atomic E-state index is 12.4. The molecule has 0 unspecified atom stereocenters. The zero-order chi connectivity index (χ0) is 14.8. The fraction of sp³-hybridized carbons (Fsp3) is 0.250. The SMILES string of the molecule is CCOC(=O)c1nnc(-c2ccc(C(F)(F)F)cc2)s1. The summed E-state index contributed by atoms with van der Waals surface area (Å²) in [5.41, 5.74) is -0.276. The van der Waals surface area contributed by atoms with Crippen LogP contribution in [0.1, 0.15) is 22.3 Å². The van der Waals surface area contributed by atoms with Crippen molar-refractivity contribution in [1.29, 1.82) is 0 Å². The highest BCUT2D eigenvalue weighted by molar-refractivity contribution is 7.16. The lowest BCUT2D eigenvalue weighted by atomic mass is 10.1. The number of esters is 1. The predicted molar refractivity (Wildman–Crippen MR) is 66.3 cm³/mol. The molecular weight excluding hydrogens is 293 g/mol. The second kappa shape index (κ2) is 5.58. The van der Waals surface area contributed by atoms with E-state index in [1.54, 1.807) is 6.92 Å². The molecular formula is C12H9F3N2O2S. The zero-order valence-corrected chi connectivity index (χ0v) is 11.1. The smallest absolute Gasteiger partial charge is 0.416 e. The standard InChI is InChI=1S/C12H9F3N2O2S/c1-2-19-11(18)10-17-16-9(20-10)7-3-5-8(6-4-7)12(13,14)15/h3-6H,2H2,1H3. The third-order valence-electron chi connectivity index (χ3n) is 2.33. The lowest BCUT2D eigenvalue weighted by Crippen LogP contribution is -2.03. The van der Waals surface area contributed by atoms with Gasteiger partial charge in [-0.15, -0.1) is 10.2 Å². The van der Waals surface area contributed by atoms with Crippen molar-refractivity contribution in [2.75, 3.05) is 6.61 Å². The van der Waals surface area contributed by atoms with Gasteiger partial charge in [0, 0.05) is 5.56 Å². The molecule has 0 amide bonds. The molecule has 0 aliphatic rings. The summed E-state index contributed by atoms with van der Waals surface area (Å²) in [5.74, 6) is -0.594. The van der Waals surface area contributed by atoms with Crippen LogP contribution in [0.2, 0.25) is 0 Å². The number of hydrogen-bond donors (Lipinski definition) is 0. The van der Waals surface area contributed by atoms with Crippen LogP contribution >= 0.6 is 11.3 Å². The van der Waals surface area contributed by atoms with E-state index in [9.17, 15) is 18.0 Å². The first-order chi connectivity index (χ1) is 9.41. The number of nitrogens with zero attached hydrogens (tertiary/aromatic N) is 2. The van der Waals surface area contributed by atoms with Gasteiger partial charge in [0.1, 0.15) is 5.01 Å². The van der Waals surface area contributed by atoms with Gasteiger partial charge < -0.3 is 4.74 Å². The summed E-state index contributed by atoms with van der Waals surface area (Å²) in [6.07, 6.45) is -4.38. The molecule has 0 aliphatic heterocycles. The number of halogens is 3. The van der Waals surface area contributed by atoms with Crippen LogP contribution in [0, 0.1) is 0 Å². The Kier molecular flexibility index (Phi) is 4.03. The highest BCUT2D eigenvalue weighted by Gasteiger charge is 2.30. The summed E-state index contributed by atoms with van der Waals surface area (Å²) >= 11 is 0.969. The molecule has 4 nitrogen and oxygen atoms in total. The molecule has 0 bridgehead atoms. The number of aromatic nitrogens is 2. The molecule has 1 heterocycles. The van der Waals surface area contributed by atoms with Crippen LogP contribution in [0.15, 0.2) is 24.3 Å². The van der Waals surface area contributed by atoms with Crippen LogP contribution in [0.5, 0.6) is 0 Å². The van der Waals surface area contributed by atoms with Crippen molar-refractivity contribution in [3.63, 3.8) is 0 Å². The van der Waals surface area contributed by atoms with Crippen LogP contribution in [0.25, 0.3) is 10.6 Å². The van der Waals surface area contributed by atoms with Gasteiger partial charge in [0.25, 0.3) is 0 Å². The second-order valence-electron chi connectivity index (χ2n) is 3.71. The lowest BCUT2D eigenvalue weighted by Gasteiger charge is -2.06. The number of alkyl halides is 3. The number of ether oxygens (including phenoxy) is 1. The van der Waals surface area contributed by atoms with E-state index >= 15 is 0 Å². The van der Waals surface area contributed by atoms with Crippen LogP contribution in [0.4, 0.5) is 13.2 Å². The van der Waals surface area contributed by atoms with Gasteiger partial charge in [-0.25, -0.2) is 4.79 Å². The van der Waals surface area contributed by atoms with Gasteiger partial charge in [0.2, 0.25) is 5.01 Å². The zero-order valence-electron chi connectivity index (χ0n) is 10.3. The molecule has 8 heteroatoms. The average molecular weight is 302 g/mol. The van der Waals surface area contributed by atoms with Crippen molar-refractivity contribution in [2.24, 2.45) is 0 Å². The normalized spacial score (nSPS) is 11.4. The second-order valence-corrected chi connectivity index (χ2v) is 4.69. The summed E-state index contributed by atoms with van der Waals surface area (Å²) in [5, 5.41) is 7.86. The monoisotopic (exact) mass is 302 g/mol. The Labute approximate surface area is 116 Å². The van der Waals surface area contributed by atoms with Crippen molar-refractivity contribution in [3.05, 3.63) is 34.8 Å². The molecule has 106 valence electrons. The van der Waals surface area contributed by atoms with Gasteiger partial charge in [0.15, 0.2) is 0 Å². The molecule has 0 aliphatic carbocycles. The van der Waals surface area contributed by atoms with E-state index in [0.29, 0.717) is 10.6 Å². The molecule has 1 aromatic carbocycles. The minimum atomic E-state index is -4.38. The molecule has 0 saturated heterocycles. The Morgan fingerprint density at radius 2 is 1.90 bits per heavy atom. The van der Waals surface area contributed by atoms with Gasteiger partial charge in [-0.3, -0.25) is 0 Å². The fourth-order valence-corrected chi connectivity index (χ4v) is 2.16. The van der Waals surface area contributed by atoms with Crippen molar-refractivity contribution in [3.8, 4) is 10.6 Å². The molecule has 0 spiro atoms. The summed E-state index contributed by atoms with van der Waals surface area (Å²) in [6, 6.07) is 4.50. The van der Waals surface area contributed by atoms with Gasteiger partial charge in [-0.05, 0) is 19.1 Å². The van der Waals surface area contributed by atoms with Crippen LogP contribution in [0.3, 0.4) is 0 Å². The molecule has 20 heavy (non-hydrogen) atoms. The van der Waals surface area contributed by atoms with Crippen molar-refractivity contribution < 1.29 is 22.7 Å². The number of benzene rings is 1. The molecule has 0 fully saturated rings. The number of hydrogen-bond acceptors (Lipinski definition) is 5. The van der Waals surface area contributed by atoms with Crippen molar-refractivity contribution in [1.82, 2.24) is 10.2 Å². The summed E-state index contributed by atoms with van der Waals surface area (Å²) < 4.78 is 42.1. The third-order valence-corrected chi connectivity index (χ3v) is 3.29. The van der Waals surface area contributed by atoms with E-state index < -0.39 is 17.7 Å². The van der Waals surface area contributed by atoms with E-state index in [4.69, 9.17) is 4.74 Å². The van der Waals surface area contributed by atoms with E-state index in [2.05, 4.69) is 10.2 Å². The van der Waals surface area contributed by atoms with Crippen LogP contribution in [-0.2, 0) is 10.9 Å². The first-order valence-corrected chi connectivity index (χ1v) is 6.41. The quantitative estimate of drug-likeness (QED) is 0.815. The van der Waals surface area contributed by atoms with E-state index in [-0.39, 0.29) is 11.6 Å². The van der Waals surface area contributed by atoms with Crippen LogP contribution < -0.4 is 0 Å². The topological polar surface area (TPSA) is 52.1 Å². The number of carbonyl (C=O) groups is 1. The Morgan fingerprint density at radius 3 is 2.45 bits per heavy atom. The maximum Gasteiger partial charge on any atom is 0.416 e. The fourth-order valence-electron chi connectivity index (χ4n) is 1.42. The summed E-state index contributed by atoms with van der Waals surface area (Å²) in [7, 11) is 0. The molecule has 2 rings (SSSR count). The molecule has 2 aromatic rings. The number of carbonyl (C=O) groups excluding carboxylic acids is 1. The Hall–Kier alpha value is -1.96. The Balaban J connectivity index is 2.22. The summed E-state index contributed by atoms with van der Waals surface area (Å²) in [6.45, 7) is 1.88. The van der Waals surface area contributed by atoms with Crippen molar-refractivity contribution >= 4 is 17.3 Å². The van der Waals surface area contributed by atoms with Gasteiger partial charge in [-0.2, -0.15) is 13.2 Å². The average Bonchev–Trinajstić information content (AvgIpc) is 2.88. The van der Waals surface area contributed by atoms with Gasteiger partial charge in [0.05, 0.1) is 12.2 Å². The largest absolute Gasteiger partial charge is 0.461 e.